The summed E-state index contributed by atoms with van der Waals surface area (Å²) in [6.45, 7) is 0. The third-order valence-corrected chi connectivity index (χ3v) is 4.75. The topological polar surface area (TPSA) is 87.5 Å². The maximum Gasteiger partial charge on any atom is 0.367 e. The molecule has 0 aromatic carbocycles. The van der Waals surface area contributed by atoms with E-state index >= 15 is 0 Å². The van der Waals surface area contributed by atoms with E-state index in [-0.39, 0.29) is 17.9 Å². The molecule has 2 aliphatic heterocycles. The van der Waals surface area contributed by atoms with Crippen molar-refractivity contribution in [1.29, 1.82) is 0 Å². The molecule has 8 heteroatoms. The molecule has 3 rings (SSSR count). The molecule has 2 aliphatic rings. The smallest absolute Gasteiger partial charge is 0.367 e. The molecule has 6 nitrogen and oxygen atoms in total. The highest BCUT2D eigenvalue weighted by Gasteiger charge is 2.41. The highest BCUT2D eigenvalue weighted by Crippen LogP contribution is 2.20. The first-order valence-corrected chi connectivity index (χ1v) is 7.63. The van der Waals surface area contributed by atoms with Gasteiger partial charge in [-0.1, -0.05) is 5.16 Å². The highest BCUT2D eigenvalue weighted by molar-refractivity contribution is 9.10. The molecule has 2 bridgehead atoms. The van der Waals surface area contributed by atoms with Crippen LogP contribution in [-0.4, -0.2) is 41.3 Å². The molecule has 0 saturated carbocycles. The van der Waals surface area contributed by atoms with Crippen LogP contribution in [0, 0.1) is 0 Å². The molecule has 22 heavy (non-hydrogen) atoms. The van der Waals surface area contributed by atoms with E-state index in [0.717, 1.165) is 23.0 Å². The quantitative estimate of drug-likeness (QED) is 0.441. The lowest BCUT2D eigenvalue weighted by atomic mass is 10.0. The molecule has 0 spiro atoms. The van der Waals surface area contributed by atoms with E-state index in [0.29, 0.717) is 17.6 Å². The highest BCUT2D eigenvalue weighted by atomic mass is 79.9. The standard InChI is InChI=1S/C14H16BrN3O2.ClH.H2O/c1-18-12-2-3-13(18)6-11(5-12)17-20-14(19)9-4-10(15)8-16-7-9;;/h4,7-8,12-13H,2-3,5-6H2,1H3;1H;1H2. The number of fused-ring (bicyclic) bond motifs is 2. The summed E-state index contributed by atoms with van der Waals surface area (Å²) in [7, 11) is 2.25. The van der Waals surface area contributed by atoms with Crippen molar-refractivity contribution in [3.63, 3.8) is 0 Å². The first kappa shape index (κ1) is 19.0. The summed E-state index contributed by atoms with van der Waals surface area (Å²) in [5.74, 6) is -0.454. The van der Waals surface area contributed by atoms with Crippen molar-refractivity contribution in [3.8, 4) is 0 Å². The Kier molecular flexibility index (Phi) is 6.93. The van der Waals surface area contributed by atoms with E-state index in [1.54, 1.807) is 17.2 Å². The largest absolute Gasteiger partial charge is 1.00 e. The molecular weight excluding hydrogens is 374 g/mol. The molecule has 2 atom stereocenters. The molecule has 3 heterocycles. The molecule has 0 amide bonds. The zero-order chi connectivity index (χ0) is 14.1. The van der Waals surface area contributed by atoms with E-state index in [1.807, 2.05) is 0 Å². The molecule has 2 saturated heterocycles. The van der Waals surface area contributed by atoms with Crippen molar-refractivity contribution in [2.75, 3.05) is 7.05 Å². The van der Waals surface area contributed by atoms with Crippen LogP contribution in [0.3, 0.4) is 0 Å². The molecule has 2 fully saturated rings. The van der Waals surface area contributed by atoms with Crippen LogP contribution in [0.1, 0.15) is 36.0 Å². The van der Waals surface area contributed by atoms with Gasteiger partial charge in [0.2, 0.25) is 0 Å². The molecular formula is C14H19BrClN3O3. The van der Waals surface area contributed by atoms with Gasteiger partial charge in [-0.25, -0.2) is 4.79 Å². The summed E-state index contributed by atoms with van der Waals surface area (Å²) in [6.07, 6.45) is 7.48. The molecule has 1 aromatic heterocycles. The van der Waals surface area contributed by atoms with Crippen LogP contribution in [-0.2, 0) is 4.84 Å². The number of hydrogen-bond acceptors (Lipinski definition) is 4. The van der Waals surface area contributed by atoms with Crippen molar-refractivity contribution in [3.05, 3.63) is 28.5 Å². The molecule has 122 valence electrons. The average molecular weight is 393 g/mol. The zero-order valence-corrected chi connectivity index (χ0v) is 14.5. The van der Waals surface area contributed by atoms with E-state index < -0.39 is 5.97 Å². The molecule has 1 aromatic rings. The van der Waals surface area contributed by atoms with Crippen LogP contribution < -0.4 is 17.3 Å². The van der Waals surface area contributed by atoms with Gasteiger partial charge in [0, 0.05) is 42.5 Å². The van der Waals surface area contributed by atoms with Gasteiger partial charge in [-0.15, -0.1) is 0 Å². The third kappa shape index (κ3) is 4.04. The van der Waals surface area contributed by atoms with Gasteiger partial charge in [-0.2, -0.15) is 0 Å². The number of carbonyl (C=O) groups is 1. The van der Waals surface area contributed by atoms with Crippen molar-refractivity contribution in [2.45, 2.75) is 37.8 Å². The summed E-state index contributed by atoms with van der Waals surface area (Å²) in [5, 5.41) is 4.08. The number of oxime groups is 1. The lowest BCUT2D eigenvalue weighted by molar-refractivity contribution is -0.917. The predicted octanol–water partition coefficient (Wildman–Crippen LogP) is -2.62. The Morgan fingerprint density at radius 1 is 1.36 bits per heavy atom. The van der Waals surface area contributed by atoms with Crippen LogP contribution in [0.4, 0.5) is 0 Å². The van der Waals surface area contributed by atoms with Crippen LogP contribution in [0.5, 0.6) is 0 Å². The monoisotopic (exact) mass is 391 g/mol. The Labute approximate surface area is 143 Å². The Hall–Kier alpha value is -1.02. The summed E-state index contributed by atoms with van der Waals surface area (Å²) in [4.78, 5) is 22.5. The molecule has 0 aliphatic carbocycles. The second kappa shape index (κ2) is 8.01. The van der Waals surface area contributed by atoms with E-state index in [1.165, 1.54) is 19.0 Å². The van der Waals surface area contributed by atoms with Crippen molar-refractivity contribution >= 4 is 27.6 Å². The second-order valence-corrected chi connectivity index (χ2v) is 6.47. The minimum absolute atomic E-state index is 0. The SMILES string of the molecule is C[NH+]1C2CCC1CC(=NOC(=O)c1cncc(Br)c1)C2.O.[Cl-]. The van der Waals surface area contributed by atoms with Crippen molar-refractivity contribution < 1.29 is 32.4 Å². The number of piperidine rings is 1. The number of aromatic nitrogens is 1. The molecule has 3 N–H and O–H groups in total. The fourth-order valence-electron chi connectivity index (χ4n) is 3.13. The summed E-state index contributed by atoms with van der Waals surface area (Å²) < 4.78 is 0.750. The van der Waals surface area contributed by atoms with Gasteiger partial charge in [0.15, 0.2) is 0 Å². The fraction of sp³-hybridized carbons (Fsp3) is 0.500. The van der Waals surface area contributed by atoms with Gasteiger partial charge in [0.05, 0.1) is 30.4 Å². The molecule has 2 unspecified atom stereocenters. The number of hydrogen-bond donors (Lipinski definition) is 1. The van der Waals surface area contributed by atoms with Crippen LogP contribution in [0.2, 0.25) is 0 Å². The summed E-state index contributed by atoms with van der Waals surface area (Å²) >= 11 is 3.28. The number of pyridine rings is 1. The van der Waals surface area contributed by atoms with Gasteiger partial charge >= 0.3 is 5.97 Å². The van der Waals surface area contributed by atoms with Crippen molar-refractivity contribution in [2.24, 2.45) is 5.16 Å². The maximum absolute atomic E-state index is 11.9. The number of quaternary nitrogens is 1. The van der Waals surface area contributed by atoms with Crippen LogP contribution in [0.15, 0.2) is 28.1 Å². The number of rotatable bonds is 2. The second-order valence-electron chi connectivity index (χ2n) is 5.55. The molecule has 0 radical (unpaired) electrons. The summed E-state index contributed by atoms with van der Waals surface area (Å²) in [5.41, 5.74) is 1.42. The normalized spacial score (nSPS) is 25.7. The van der Waals surface area contributed by atoms with E-state index in [4.69, 9.17) is 4.84 Å². The van der Waals surface area contributed by atoms with Gasteiger partial charge in [0.25, 0.3) is 0 Å². The Morgan fingerprint density at radius 2 is 2.00 bits per heavy atom. The third-order valence-electron chi connectivity index (χ3n) is 4.31. The number of carbonyl (C=O) groups excluding carboxylic acids is 1. The fourth-order valence-corrected chi connectivity index (χ4v) is 3.49. The number of nitrogens with zero attached hydrogens (tertiary/aromatic N) is 2. The maximum atomic E-state index is 11.9. The van der Waals surface area contributed by atoms with Gasteiger partial charge < -0.3 is 27.6 Å². The van der Waals surface area contributed by atoms with Crippen LogP contribution in [0.25, 0.3) is 0 Å². The number of halogens is 2. The Balaban J connectivity index is 0.00000121. The van der Waals surface area contributed by atoms with E-state index in [9.17, 15) is 4.79 Å². The van der Waals surface area contributed by atoms with Gasteiger partial charge in [0.1, 0.15) is 0 Å². The number of nitrogens with one attached hydrogen (secondary N) is 1. The lowest BCUT2D eigenvalue weighted by Crippen LogP contribution is -3.15. The lowest BCUT2D eigenvalue weighted by Gasteiger charge is -2.28. The average Bonchev–Trinajstić information content (AvgIpc) is 2.66. The van der Waals surface area contributed by atoms with Gasteiger partial charge in [-0.05, 0) is 22.0 Å². The zero-order valence-electron chi connectivity index (χ0n) is 12.2. The van der Waals surface area contributed by atoms with Crippen molar-refractivity contribution in [1.82, 2.24) is 4.98 Å². The first-order valence-electron chi connectivity index (χ1n) is 6.84. The van der Waals surface area contributed by atoms with Crippen LogP contribution >= 0.6 is 15.9 Å². The minimum atomic E-state index is -0.454. The summed E-state index contributed by atoms with van der Waals surface area (Å²) in [6, 6.07) is 2.95. The Bertz CT molecular complexity index is 554. The minimum Gasteiger partial charge on any atom is -1.00 e. The Morgan fingerprint density at radius 3 is 2.59 bits per heavy atom. The van der Waals surface area contributed by atoms with E-state index in [2.05, 4.69) is 33.1 Å². The first-order chi connectivity index (χ1) is 9.63. The van der Waals surface area contributed by atoms with Gasteiger partial charge in [-0.3, -0.25) is 4.98 Å². The predicted molar refractivity (Wildman–Crippen MR) is 81.3 cm³/mol.